The van der Waals surface area contributed by atoms with Crippen molar-refractivity contribution in [3.63, 3.8) is 0 Å². The topological polar surface area (TPSA) is 58.2 Å². The van der Waals surface area contributed by atoms with Crippen LogP contribution in [-0.2, 0) is 10.0 Å². The maximum absolute atomic E-state index is 12.0. The van der Waals surface area contributed by atoms with Crippen LogP contribution < -0.4 is 10.0 Å². The molecule has 19 heavy (non-hydrogen) atoms. The highest BCUT2D eigenvalue weighted by atomic mass is 32.2. The Balaban J connectivity index is 2.22. The van der Waals surface area contributed by atoms with Crippen molar-refractivity contribution in [1.82, 2.24) is 4.72 Å². The Labute approximate surface area is 115 Å². The minimum absolute atomic E-state index is 0.321. The Hall–Kier alpha value is -1.07. The van der Waals surface area contributed by atoms with Crippen molar-refractivity contribution in [3.05, 3.63) is 24.3 Å². The van der Waals surface area contributed by atoms with Gasteiger partial charge >= 0.3 is 0 Å². The number of hydrogen-bond acceptors (Lipinski definition) is 3. The van der Waals surface area contributed by atoms with Gasteiger partial charge in [0.05, 0.1) is 5.69 Å². The predicted octanol–water partition coefficient (Wildman–Crippen LogP) is 2.59. The van der Waals surface area contributed by atoms with Crippen molar-refractivity contribution in [1.29, 1.82) is 0 Å². The average molecular weight is 282 g/mol. The highest BCUT2D eigenvalue weighted by Crippen LogP contribution is 2.38. The van der Waals surface area contributed by atoms with Gasteiger partial charge in [0.25, 0.3) is 0 Å². The Morgan fingerprint density at radius 1 is 1.26 bits per heavy atom. The molecule has 0 saturated heterocycles. The average Bonchev–Trinajstić information content (AvgIpc) is 2.69. The van der Waals surface area contributed by atoms with Crippen LogP contribution in [-0.4, -0.2) is 21.5 Å². The van der Waals surface area contributed by atoms with Crippen molar-refractivity contribution < 1.29 is 8.42 Å². The summed E-state index contributed by atoms with van der Waals surface area (Å²) in [6.45, 7) is 4.51. The summed E-state index contributed by atoms with van der Waals surface area (Å²) in [7, 11) is -1.98. The number of anilines is 1. The van der Waals surface area contributed by atoms with E-state index in [2.05, 4.69) is 23.9 Å². The third kappa shape index (κ3) is 3.28. The van der Waals surface area contributed by atoms with E-state index in [1.165, 1.54) is 13.5 Å². The molecular weight excluding hydrogens is 260 g/mol. The van der Waals surface area contributed by atoms with E-state index in [1.807, 2.05) is 12.1 Å². The molecular formula is C14H22N2O2S. The van der Waals surface area contributed by atoms with Crippen molar-refractivity contribution in [2.45, 2.75) is 44.0 Å². The van der Waals surface area contributed by atoms with E-state index in [0.717, 1.165) is 12.8 Å². The molecule has 0 amide bonds. The molecule has 0 aromatic heterocycles. The number of hydrogen-bond donors (Lipinski definition) is 2. The van der Waals surface area contributed by atoms with Gasteiger partial charge in [0.15, 0.2) is 0 Å². The molecule has 106 valence electrons. The maximum Gasteiger partial charge on any atom is 0.242 e. The van der Waals surface area contributed by atoms with Gasteiger partial charge in [0.1, 0.15) is 4.90 Å². The quantitative estimate of drug-likeness (QED) is 0.892. The van der Waals surface area contributed by atoms with Gasteiger partial charge in [-0.25, -0.2) is 13.1 Å². The zero-order chi connectivity index (χ0) is 14.1. The summed E-state index contributed by atoms with van der Waals surface area (Å²) < 4.78 is 26.3. The second kappa shape index (κ2) is 5.13. The smallest absolute Gasteiger partial charge is 0.242 e. The summed E-state index contributed by atoms with van der Waals surface area (Å²) in [5.74, 6) is 0. The summed E-state index contributed by atoms with van der Waals surface area (Å²) in [6.07, 6.45) is 3.33. The molecule has 0 spiro atoms. The molecule has 0 bridgehead atoms. The van der Waals surface area contributed by atoms with Gasteiger partial charge in [-0.1, -0.05) is 26.0 Å². The molecule has 1 atom stereocenters. The normalized spacial score (nSPS) is 22.4. The van der Waals surface area contributed by atoms with Crippen LogP contribution in [0.2, 0.25) is 0 Å². The van der Waals surface area contributed by atoms with Gasteiger partial charge in [-0.3, -0.25) is 0 Å². The second-order valence-corrected chi connectivity index (χ2v) is 7.81. The number of sulfonamides is 1. The minimum atomic E-state index is -3.41. The zero-order valence-corrected chi connectivity index (χ0v) is 12.5. The summed E-state index contributed by atoms with van der Waals surface area (Å²) in [5.41, 5.74) is 1.04. The Morgan fingerprint density at radius 3 is 2.53 bits per heavy atom. The van der Waals surface area contributed by atoms with E-state index < -0.39 is 10.0 Å². The van der Waals surface area contributed by atoms with Crippen LogP contribution in [0, 0.1) is 5.41 Å². The molecule has 1 saturated carbocycles. The van der Waals surface area contributed by atoms with Crippen LogP contribution in [0.3, 0.4) is 0 Å². The van der Waals surface area contributed by atoms with Crippen LogP contribution in [0.4, 0.5) is 5.69 Å². The maximum atomic E-state index is 12.0. The lowest BCUT2D eigenvalue weighted by Gasteiger charge is -2.20. The van der Waals surface area contributed by atoms with E-state index >= 15 is 0 Å². The van der Waals surface area contributed by atoms with E-state index in [4.69, 9.17) is 0 Å². The van der Waals surface area contributed by atoms with Gasteiger partial charge in [-0.2, -0.15) is 0 Å². The standard InChI is InChI=1S/C14H22N2O2S/c1-14(2)9-8-11(10-14)16-12-6-4-5-7-13(12)19(17,18)15-3/h4-7,11,15-16H,8-10H2,1-3H3. The Morgan fingerprint density at radius 2 is 1.95 bits per heavy atom. The lowest BCUT2D eigenvalue weighted by molar-refractivity contribution is 0.378. The molecule has 1 unspecified atom stereocenters. The molecule has 2 N–H and O–H groups in total. The van der Waals surface area contributed by atoms with Crippen molar-refractivity contribution in [3.8, 4) is 0 Å². The lowest BCUT2D eigenvalue weighted by atomic mass is 9.92. The molecule has 4 nitrogen and oxygen atoms in total. The molecule has 1 aromatic rings. The molecule has 1 fully saturated rings. The lowest BCUT2D eigenvalue weighted by Crippen LogP contribution is -2.23. The summed E-state index contributed by atoms with van der Waals surface area (Å²) in [6, 6.07) is 7.41. The molecule has 0 heterocycles. The first-order chi connectivity index (χ1) is 8.84. The molecule has 0 aliphatic heterocycles. The third-order valence-corrected chi connectivity index (χ3v) is 5.25. The van der Waals surface area contributed by atoms with Crippen LogP contribution >= 0.6 is 0 Å². The second-order valence-electron chi connectivity index (χ2n) is 5.95. The molecule has 2 rings (SSSR count). The fourth-order valence-corrected chi connectivity index (χ4v) is 3.60. The van der Waals surface area contributed by atoms with Gasteiger partial charge in [-0.15, -0.1) is 0 Å². The molecule has 5 heteroatoms. The van der Waals surface area contributed by atoms with E-state index in [1.54, 1.807) is 12.1 Å². The number of rotatable bonds is 4. The number of nitrogens with one attached hydrogen (secondary N) is 2. The molecule has 1 aliphatic carbocycles. The van der Waals surface area contributed by atoms with Crippen molar-refractivity contribution >= 4 is 15.7 Å². The van der Waals surface area contributed by atoms with Crippen molar-refractivity contribution in [2.75, 3.05) is 12.4 Å². The van der Waals surface area contributed by atoms with Crippen molar-refractivity contribution in [2.24, 2.45) is 5.41 Å². The minimum Gasteiger partial charge on any atom is -0.381 e. The van der Waals surface area contributed by atoms with Gasteiger partial charge in [-0.05, 0) is 43.9 Å². The highest BCUT2D eigenvalue weighted by Gasteiger charge is 2.31. The Kier molecular flexibility index (Phi) is 3.87. The van der Waals surface area contributed by atoms with Crippen LogP contribution in [0.25, 0.3) is 0 Å². The van der Waals surface area contributed by atoms with Crippen LogP contribution in [0.15, 0.2) is 29.2 Å². The number of benzene rings is 1. The van der Waals surface area contributed by atoms with E-state index in [-0.39, 0.29) is 0 Å². The first kappa shape index (κ1) is 14.3. The molecule has 1 aromatic carbocycles. The summed E-state index contributed by atoms with van der Waals surface area (Å²) in [5, 5.41) is 3.39. The fourth-order valence-electron chi connectivity index (χ4n) is 2.71. The third-order valence-electron chi connectivity index (χ3n) is 3.77. The summed E-state index contributed by atoms with van der Waals surface area (Å²) in [4.78, 5) is 0.321. The predicted molar refractivity (Wildman–Crippen MR) is 77.7 cm³/mol. The molecule has 1 aliphatic rings. The Bertz CT molecular complexity index is 552. The van der Waals surface area contributed by atoms with E-state index in [9.17, 15) is 8.42 Å². The monoisotopic (exact) mass is 282 g/mol. The summed E-state index contributed by atoms with van der Waals surface area (Å²) >= 11 is 0. The SMILES string of the molecule is CNS(=O)(=O)c1ccccc1NC1CCC(C)(C)C1. The highest BCUT2D eigenvalue weighted by molar-refractivity contribution is 7.89. The first-order valence-electron chi connectivity index (χ1n) is 6.63. The van der Waals surface area contributed by atoms with Gasteiger partial charge < -0.3 is 5.32 Å². The van der Waals surface area contributed by atoms with Crippen LogP contribution in [0.5, 0.6) is 0 Å². The van der Waals surface area contributed by atoms with Gasteiger partial charge in [0.2, 0.25) is 10.0 Å². The number of para-hydroxylation sites is 1. The largest absolute Gasteiger partial charge is 0.381 e. The molecule has 0 radical (unpaired) electrons. The fraction of sp³-hybridized carbons (Fsp3) is 0.571. The van der Waals surface area contributed by atoms with Crippen LogP contribution in [0.1, 0.15) is 33.1 Å². The first-order valence-corrected chi connectivity index (χ1v) is 8.11. The van der Waals surface area contributed by atoms with Gasteiger partial charge in [0, 0.05) is 6.04 Å². The zero-order valence-electron chi connectivity index (χ0n) is 11.7. The van der Waals surface area contributed by atoms with E-state index in [0.29, 0.717) is 22.0 Å².